The average Bonchev–Trinajstić information content (AvgIpc) is 3.34. The molecule has 7 heteroatoms. The molecule has 162 valence electrons. The fraction of sp³-hybridized carbons (Fsp3) is 0.0385. The maximum Gasteiger partial charge on any atom is 0.113 e. The van der Waals surface area contributed by atoms with Gasteiger partial charge in [-0.2, -0.15) is 0 Å². The van der Waals surface area contributed by atoms with Crippen LogP contribution in [0.5, 0.6) is 0 Å². The van der Waals surface area contributed by atoms with E-state index in [0.717, 1.165) is 45.4 Å². The van der Waals surface area contributed by atoms with Gasteiger partial charge in [-0.25, -0.2) is 4.68 Å². The Bertz CT molecular complexity index is 1400. The van der Waals surface area contributed by atoms with Crippen molar-refractivity contribution in [1.29, 1.82) is 0 Å². The molecular weight excluding hydrogens is 432 g/mol. The van der Waals surface area contributed by atoms with E-state index in [9.17, 15) is 0 Å². The first kappa shape index (κ1) is 20.7. The van der Waals surface area contributed by atoms with Crippen LogP contribution in [0.2, 0.25) is 5.02 Å². The van der Waals surface area contributed by atoms with E-state index >= 15 is 0 Å². The number of halogens is 1. The third-order valence-electron chi connectivity index (χ3n) is 5.17. The second kappa shape index (κ2) is 9.14. The summed E-state index contributed by atoms with van der Waals surface area (Å²) in [5.41, 5.74) is 7.17. The van der Waals surface area contributed by atoms with Crippen molar-refractivity contribution in [3.8, 4) is 16.9 Å². The summed E-state index contributed by atoms with van der Waals surface area (Å²) in [6.45, 7) is 1.88. The van der Waals surface area contributed by atoms with Gasteiger partial charge in [0.2, 0.25) is 0 Å². The molecule has 0 saturated heterocycles. The molecule has 0 aliphatic carbocycles. The van der Waals surface area contributed by atoms with Crippen molar-refractivity contribution < 1.29 is 0 Å². The molecule has 5 rings (SSSR count). The van der Waals surface area contributed by atoms with E-state index in [1.54, 1.807) is 10.9 Å². The third-order valence-corrected chi connectivity index (χ3v) is 5.64. The quantitative estimate of drug-likeness (QED) is 0.297. The zero-order valence-electron chi connectivity index (χ0n) is 17.9. The van der Waals surface area contributed by atoms with Crippen LogP contribution in [0, 0.1) is 6.92 Å². The Morgan fingerprint density at radius 2 is 1.55 bits per heavy atom. The number of aromatic nitrogens is 4. The van der Waals surface area contributed by atoms with Crippen LogP contribution < -0.4 is 10.6 Å². The molecule has 6 nitrogen and oxygen atoms in total. The molecule has 0 saturated carbocycles. The lowest BCUT2D eigenvalue weighted by Crippen LogP contribution is -1.98. The lowest BCUT2D eigenvalue weighted by Gasteiger charge is -2.10. The van der Waals surface area contributed by atoms with Gasteiger partial charge in [0.05, 0.1) is 28.3 Å². The highest BCUT2D eigenvalue weighted by Crippen LogP contribution is 2.28. The highest BCUT2D eigenvalue weighted by molar-refractivity contribution is 6.33. The topological polar surface area (TPSA) is 67.7 Å². The standard InChI is InChI=1S/C26H21ClN6/c1-18-26(27)24(13-14-28-18)30-22-11-6-12-23(16-22)33-17-25(31-32-33)19-7-5-10-21(15-19)29-20-8-3-2-4-9-20/h2-17,29H,1H3,(H,28,30). The fourth-order valence-electron chi connectivity index (χ4n) is 3.49. The van der Waals surface area contributed by atoms with Gasteiger partial charge in [0.15, 0.2) is 0 Å². The van der Waals surface area contributed by atoms with Gasteiger partial charge in [-0.3, -0.25) is 4.98 Å². The Hall–Kier alpha value is -4.16. The number of hydrogen-bond acceptors (Lipinski definition) is 5. The molecule has 0 amide bonds. The van der Waals surface area contributed by atoms with Gasteiger partial charge in [-0.15, -0.1) is 5.10 Å². The van der Waals surface area contributed by atoms with Crippen molar-refractivity contribution in [2.75, 3.05) is 10.6 Å². The van der Waals surface area contributed by atoms with Crippen LogP contribution in [0.1, 0.15) is 5.69 Å². The lowest BCUT2D eigenvalue weighted by atomic mass is 10.1. The Balaban J connectivity index is 1.37. The molecule has 5 aromatic rings. The molecule has 3 aromatic carbocycles. The largest absolute Gasteiger partial charge is 0.356 e. The number of aryl methyl sites for hydroxylation is 1. The minimum Gasteiger partial charge on any atom is -0.356 e. The summed E-state index contributed by atoms with van der Waals surface area (Å²) >= 11 is 6.38. The number of pyridine rings is 1. The first-order chi connectivity index (χ1) is 16.2. The van der Waals surface area contributed by atoms with Crippen LogP contribution in [0.4, 0.5) is 22.7 Å². The van der Waals surface area contributed by atoms with Crippen molar-refractivity contribution in [2.24, 2.45) is 0 Å². The van der Waals surface area contributed by atoms with Crippen molar-refractivity contribution >= 4 is 34.4 Å². The van der Waals surface area contributed by atoms with E-state index in [1.807, 2.05) is 92.0 Å². The van der Waals surface area contributed by atoms with Crippen LogP contribution in [0.25, 0.3) is 16.9 Å². The predicted octanol–water partition coefficient (Wildman–Crippen LogP) is 6.78. The van der Waals surface area contributed by atoms with Crippen LogP contribution >= 0.6 is 11.6 Å². The van der Waals surface area contributed by atoms with Crippen LogP contribution in [-0.2, 0) is 0 Å². The minimum atomic E-state index is 0.606. The summed E-state index contributed by atoms with van der Waals surface area (Å²) in [6, 6.07) is 28.0. The molecule has 2 heterocycles. The van der Waals surface area contributed by atoms with Gasteiger partial charge in [0.1, 0.15) is 5.69 Å². The average molecular weight is 453 g/mol. The van der Waals surface area contributed by atoms with E-state index < -0.39 is 0 Å². The summed E-state index contributed by atoms with van der Waals surface area (Å²) < 4.78 is 1.76. The number of hydrogen-bond donors (Lipinski definition) is 2. The molecule has 0 spiro atoms. The van der Waals surface area contributed by atoms with Crippen molar-refractivity contribution in [3.63, 3.8) is 0 Å². The number of para-hydroxylation sites is 1. The SMILES string of the molecule is Cc1nccc(Nc2cccc(-n3cc(-c4cccc(Nc5ccccc5)c4)nn3)c2)c1Cl. The second-order valence-electron chi connectivity index (χ2n) is 7.55. The minimum absolute atomic E-state index is 0.606. The number of nitrogens with one attached hydrogen (secondary N) is 2. The van der Waals surface area contributed by atoms with Crippen LogP contribution in [-0.4, -0.2) is 20.0 Å². The van der Waals surface area contributed by atoms with E-state index in [0.29, 0.717) is 5.02 Å². The van der Waals surface area contributed by atoms with Crippen molar-refractivity contribution in [1.82, 2.24) is 20.0 Å². The summed E-state index contributed by atoms with van der Waals surface area (Å²) in [6.07, 6.45) is 3.65. The van der Waals surface area contributed by atoms with Gasteiger partial charge >= 0.3 is 0 Å². The van der Waals surface area contributed by atoms with E-state index in [4.69, 9.17) is 11.6 Å². The second-order valence-corrected chi connectivity index (χ2v) is 7.93. The van der Waals surface area contributed by atoms with E-state index in [1.165, 1.54) is 0 Å². The van der Waals surface area contributed by atoms with Crippen LogP contribution in [0.15, 0.2) is 97.3 Å². The Morgan fingerprint density at radius 3 is 2.39 bits per heavy atom. The molecule has 0 fully saturated rings. The summed E-state index contributed by atoms with van der Waals surface area (Å²) in [5.74, 6) is 0. The first-order valence-electron chi connectivity index (χ1n) is 10.5. The monoisotopic (exact) mass is 452 g/mol. The van der Waals surface area contributed by atoms with Gasteiger partial charge < -0.3 is 10.6 Å². The number of nitrogens with zero attached hydrogens (tertiary/aromatic N) is 4. The smallest absolute Gasteiger partial charge is 0.113 e. The summed E-state index contributed by atoms with van der Waals surface area (Å²) in [4.78, 5) is 4.21. The summed E-state index contributed by atoms with van der Waals surface area (Å²) in [7, 11) is 0. The van der Waals surface area contributed by atoms with Crippen molar-refractivity contribution in [2.45, 2.75) is 6.92 Å². The molecular formula is C26H21ClN6. The maximum atomic E-state index is 6.38. The molecule has 2 N–H and O–H groups in total. The zero-order valence-corrected chi connectivity index (χ0v) is 18.7. The zero-order chi connectivity index (χ0) is 22.6. The van der Waals surface area contributed by atoms with Gasteiger partial charge in [-0.05, 0) is 55.5 Å². The molecule has 0 atom stereocenters. The number of rotatable bonds is 6. The molecule has 0 aliphatic rings. The molecule has 0 radical (unpaired) electrons. The predicted molar refractivity (Wildman–Crippen MR) is 134 cm³/mol. The van der Waals surface area contributed by atoms with Gasteiger partial charge in [0.25, 0.3) is 0 Å². The molecule has 0 unspecified atom stereocenters. The van der Waals surface area contributed by atoms with Gasteiger partial charge in [-0.1, -0.05) is 53.2 Å². The normalized spacial score (nSPS) is 10.7. The van der Waals surface area contributed by atoms with Crippen molar-refractivity contribution in [3.05, 3.63) is 108 Å². The van der Waals surface area contributed by atoms with Crippen LogP contribution in [0.3, 0.4) is 0 Å². The summed E-state index contributed by atoms with van der Waals surface area (Å²) in [5, 5.41) is 16.1. The number of anilines is 4. The first-order valence-corrected chi connectivity index (χ1v) is 10.9. The van der Waals surface area contributed by atoms with Gasteiger partial charge in [0, 0.05) is 28.8 Å². The Labute approximate surface area is 196 Å². The van der Waals surface area contributed by atoms with E-state index in [2.05, 4.69) is 32.0 Å². The highest BCUT2D eigenvalue weighted by Gasteiger charge is 2.09. The fourth-order valence-corrected chi connectivity index (χ4v) is 3.65. The van der Waals surface area contributed by atoms with E-state index in [-0.39, 0.29) is 0 Å². The molecule has 0 aliphatic heterocycles. The Kier molecular flexibility index (Phi) is 5.74. The molecule has 0 bridgehead atoms. The molecule has 2 aromatic heterocycles. The maximum absolute atomic E-state index is 6.38. The number of benzene rings is 3. The highest BCUT2D eigenvalue weighted by atomic mass is 35.5. The molecule has 33 heavy (non-hydrogen) atoms. The third kappa shape index (κ3) is 4.71. The Morgan fingerprint density at radius 1 is 0.788 bits per heavy atom. The lowest BCUT2D eigenvalue weighted by molar-refractivity contribution is 0.804.